The molecule has 1 N–H and O–H groups in total. The van der Waals surface area contributed by atoms with Gasteiger partial charge in [0.15, 0.2) is 0 Å². The zero-order chi connectivity index (χ0) is 21.5. The number of nitrogens with one attached hydrogen (secondary N) is 1. The van der Waals surface area contributed by atoms with Gasteiger partial charge in [0.25, 0.3) is 5.91 Å². The van der Waals surface area contributed by atoms with Gasteiger partial charge in [0.1, 0.15) is 11.3 Å². The van der Waals surface area contributed by atoms with Crippen LogP contribution in [0.25, 0.3) is 0 Å². The second-order valence-electron chi connectivity index (χ2n) is 7.25. The van der Waals surface area contributed by atoms with Gasteiger partial charge in [0, 0.05) is 30.7 Å². The molecule has 3 rings (SSSR count). The second-order valence-corrected chi connectivity index (χ2v) is 7.69. The van der Waals surface area contributed by atoms with Crippen molar-refractivity contribution in [2.75, 3.05) is 32.6 Å². The van der Waals surface area contributed by atoms with Crippen LogP contribution >= 0.6 is 11.6 Å². The van der Waals surface area contributed by atoms with E-state index in [4.69, 9.17) is 21.1 Å². The number of hydrogen-bond acceptors (Lipinski definition) is 5. The van der Waals surface area contributed by atoms with Crippen LogP contribution in [0.3, 0.4) is 0 Å². The number of methoxy groups -OCH3 is 2. The van der Waals surface area contributed by atoms with E-state index in [9.17, 15) is 9.59 Å². The van der Waals surface area contributed by atoms with E-state index in [1.54, 1.807) is 43.6 Å². The van der Waals surface area contributed by atoms with E-state index < -0.39 is 0 Å². The Kier molecular flexibility index (Phi) is 7.52. The highest BCUT2D eigenvalue weighted by molar-refractivity contribution is 6.31. The van der Waals surface area contributed by atoms with Gasteiger partial charge in [-0.05, 0) is 55.5 Å². The van der Waals surface area contributed by atoms with Crippen molar-refractivity contribution in [3.8, 4) is 11.6 Å². The number of aromatic nitrogens is 1. The largest absolute Gasteiger partial charge is 0.495 e. The van der Waals surface area contributed by atoms with E-state index in [0.29, 0.717) is 53.8 Å². The smallest absolute Gasteiger partial charge is 0.259 e. The molecule has 7 nitrogen and oxygen atoms in total. The van der Waals surface area contributed by atoms with Crippen LogP contribution in [-0.2, 0) is 4.79 Å². The third kappa shape index (κ3) is 5.42. The monoisotopic (exact) mass is 431 g/mol. The third-order valence-electron chi connectivity index (χ3n) is 5.22. The topological polar surface area (TPSA) is 80.8 Å². The molecule has 0 unspecified atom stereocenters. The summed E-state index contributed by atoms with van der Waals surface area (Å²) in [7, 11) is 3.05. The van der Waals surface area contributed by atoms with Crippen molar-refractivity contribution in [3.63, 3.8) is 0 Å². The number of rotatable bonds is 7. The summed E-state index contributed by atoms with van der Waals surface area (Å²) in [5, 5.41) is 3.39. The molecule has 8 heteroatoms. The average Bonchev–Trinajstić information content (AvgIpc) is 2.77. The van der Waals surface area contributed by atoms with E-state index in [1.165, 1.54) is 7.11 Å². The first-order chi connectivity index (χ1) is 14.5. The maximum absolute atomic E-state index is 12.9. The number of hydrogen-bond donors (Lipinski definition) is 1. The van der Waals surface area contributed by atoms with Crippen LogP contribution in [0.5, 0.6) is 11.6 Å². The predicted octanol–water partition coefficient (Wildman–Crippen LogP) is 4.02. The van der Waals surface area contributed by atoms with Gasteiger partial charge in [-0.25, -0.2) is 4.98 Å². The Bertz CT molecular complexity index is 906. The number of likely N-dealkylation sites (tertiary alicyclic amines) is 1. The number of ether oxygens (including phenoxy) is 2. The van der Waals surface area contributed by atoms with Gasteiger partial charge in [-0.3, -0.25) is 9.59 Å². The highest BCUT2D eigenvalue weighted by Crippen LogP contribution is 2.29. The molecule has 0 saturated carbocycles. The van der Waals surface area contributed by atoms with Crippen LogP contribution in [0.15, 0.2) is 36.5 Å². The quantitative estimate of drug-likeness (QED) is 0.716. The standard InChI is InChI=1S/C22H26ClN3O4/c1-29-19-9-8-16(23)13-18(19)25-20(27)10-7-15-5-4-12-26(14-15)22(28)17-6-3-11-24-21(17)30-2/h3,6,8-9,11,13,15H,4-5,7,10,12,14H2,1-2H3,(H,25,27)/t15-/m1/s1. The number of pyridine rings is 1. The van der Waals surface area contributed by atoms with E-state index in [0.717, 1.165) is 12.8 Å². The van der Waals surface area contributed by atoms with Crippen LogP contribution in [0.2, 0.25) is 5.02 Å². The van der Waals surface area contributed by atoms with Crippen molar-refractivity contribution in [2.45, 2.75) is 25.7 Å². The molecule has 0 bridgehead atoms. The van der Waals surface area contributed by atoms with Crippen LogP contribution in [0.1, 0.15) is 36.0 Å². The fourth-order valence-corrected chi connectivity index (χ4v) is 3.87. The van der Waals surface area contributed by atoms with Crippen LogP contribution < -0.4 is 14.8 Å². The SMILES string of the molecule is COc1ccc(Cl)cc1NC(=O)CC[C@H]1CCCN(C(=O)c2cccnc2OC)C1. The molecular weight excluding hydrogens is 406 g/mol. The minimum absolute atomic E-state index is 0.0854. The molecule has 1 fully saturated rings. The Morgan fingerprint density at radius 3 is 2.87 bits per heavy atom. The van der Waals surface area contributed by atoms with E-state index >= 15 is 0 Å². The van der Waals surface area contributed by atoms with Gasteiger partial charge < -0.3 is 19.7 Å². The van der Waals surface area contributed by atoms with Gasteiger partial charge in [-0.2, -0.15) is 0 Å². The lowest BCUT2D eigenvalue weighted by molar-refractivity contribution is -0.116. The first-order valence-electron chi connectivity index (χ1n) is 9.93. The molecule has 0 aliphatic carbocycles. The first kappa shape index (κ1) is 21.9. The zero-order valence-electron chi connectivity index (χ0n) is 17.2. The van der Waals surface area contributed by atoms with E-state index in [1.807, 2.05) is 4.90 Å². The molecule has 1 atom stereocenters. The van der Waals surface area contributed by atoms with Crippen molar-refractivity contribution in [1.29, 1.82) is 0 Å². The highest BCUT2D eigenvalue weighted by Gasteiger charge is 2.27. The number of nitrogens with zero attached hydrogens (tertiary/aromatic N) is 2. The Morgan fingerprint density at radius 1 is 1.27 bits per heavy atom. The Hall–Kier alpha value is -2.80. The van der Waals surface area contributed by atoms with Crippen LogP contribution in [0, 0.1) is 5.92 Å². The molecule has 1 aliphatic rings. The summed E-state index contributed by atoms with van der Waals surface area (Å²) in [6, 6.07) is 8.55. The number of benzene rings is 1. The number of piperidine rings is 1. The molecule has 30 heavy (non-hydrogen) atoms. The molecule has 160 valence electrons. The van der Waals surface area contributed by atoms with Crippen molar-refractivity contribution in [3.05, 3.63) is 47.1 Å². The van der Waals surface area contributed by atoms with Crippen LogP contribution in [-0.4, -0.2) is 49.0 Å². The average molecular weight is 432 g/mol. The molecule has 2 heterocycles. The summed E-state index contributed by atoms with van der Waals surface area (Å²) in [6.45, 7) is 1.31. The van der Waals surface area contributed by atoms with Gasteiger partial charge >= 0.3 is 0 Å². The molecule has 1 aliphatic heterocycles. The van der Waals surface area contributed by atoms with E-state index in [2.05, 4.69) is 10.3 Å². The molecular formula is C22H26ClN3O4. The third-order valence-corrected chi connectivity index (χ3v) is 5.45. The molecule has 1 aromatic carbocycles. The normalized spacial score (nSPS) is 16.1. The number of halogens is 1. The number of amides is 2. The summed E-state index contributed by atoms with van der Waals surface area (Å²) in [4.78, 5) is 31.3. The molecule has 1 saturated heterocycles. The summed E-state index contributed by atoms with van der Waals surface area (Å²) in [5.74, 6) is 0.968. The predicted molar refractivity (Wildman–Crippen MR) is 115 cm³/mol. The lowest BCUT2D eigenvalue weighted by atomic mass is 9.93. The van der Waals surface area contributed by atoms with Gasteiger partial charge in [-0.1, -0.05) is 11.6 Å². The fourth-order valence-electron chi connectivity index (χ4n) is 3.70. The molecule has 2 amide bonds. The van der Waals surface area contributed by atoms with Gasteiger partial charge in [0.05, 0.1) is 19.9 Å². The zero-order valence-corrected chi connectivity index (χ0v) is 17.9. The highest BCUT2D eigenvalue weighted by atomic mass is 35.5. The number of carbonyl (C=O) groups excluding carboxylic acids is 2. The second kappa shape index (κ2) is 10.3. The molecule has 1 aromatic heterocycles. The first-order valence-corrected chi connectivity index (χ1v) is 10.3. The minimum Gasteiger partial charge on any atom is -0.495 e. The van der Waals surface area contributed by atoms with Crippen molar-refractivity contribution < 1.29 is 19.1 Å². The summed E-state index contributed by atoms with van der Waals surface area (Å²) in [6.07, 6.45) is 4.55. The van der Waals surface area contributed by atoms with Crippen molar-refractivity contribution >= 4 is 29.1 Å². The Labute approximate surface area is 181 Å². The number of carbonyl (C=O) groups is 2. The summed E-state index contributed by atoms with van der Waals surface area (Å²) in [5.41, 5.74) is 1.02. The Morgan fingerprint density at radius 2 is 2.10 bits per heavy atom. The van der Waals surface area contributed by atoms with Crippen molar-refractivity contribution in [2.24, 2.45) is 5.92 Å². The maximum atomic E-state index is 12.9. The van der Waals surface area contributed by atoms with E-state index in [-0.39, 0.29) is 17.7 Å². The summed E-state index contributed by atoms with van der Waals surface area (Å²) >= 11 is 6.02. The molecule has 0 spiro atoms. The fraction of sp³-hybridized carbons (Fsp3) is 0.409. The molecule has 0 radical (unpaired) electrons. The lowest BCUT2D eigenvalue weighted by Gasteiger charge is -2.33. The van der Waals surface area contributed by atoms with Gasteiger partial charge in [0.2, 0.25) is 11.8 Å². The lowest BCUT2D eigenvalue weighted by Crippen LogP contribution is -2.40. The molecule has 2 aromatic rings. The Balaban J connectivity index is 1.56. The maximum Gasteiger partial charge on any atom is 0.259 e. The number of anilines is 1. The summed E-state index contributed by atoms with van der Waals surface area (Å²) < 4.78 is 10.5. The van der Waals surface area contributed by atoms with Crippen LogP contribution in [0.4, 0.5) is 5.69 Å². The van der Waals surface area contributed by atoms with Crippen molar-refractivity contribution in [1.82, 2.24) is 9.88 Å². The van der Waals surface area contributed by atoms with Gasteiger partial charge in [-0.15, -0.1) is 0 Å². The minimum atomic E-state index is -0.104.